The molecule has 0 atom stereocenters. The molecule has 0 bridgehead atoms. The molecule has 2 N–H and O–H groups in total. The fourth-order valence-electron chi connectivity index (χ4n) is 1.56. The second kappa shape index (κ2) is 5.23. The van der Waals surface area contributed by atoms with Gasteiger partial charge in [-0.1, -0.05) is 18.5 Å². The number of hydrogen-bond donors (Lipinski definition) is 1. The minimum absolute atomic E-state index is 0.339. The highest BCUT2D eigenvalue weighted by Crippen LogP contribution is 2.30. The summed E-state index contributed by atoms with van der Waals surface area (Å²) < 4.78 is 5.68. The number of pyridine rings is 2. The van der Waals surface area contributed by atoms with Gasteiger partial charge < -0.3 is 10.5 Å². The van der Waals surface area contributed by atoms with E-state index < -0.39 is 0 Å². The molecule has 0 radical (unpaired) electrons. The number of aryl methyl sites for hydroxylation is 2. The maximum absolute atomic E-state index is 6.02. The number of halogens is 1. The zero-order chi connectivity index (χ0) is 13.1. The highest BCUT2D eigenvalue weighted by atomic mass is 35.5. The predicted octanol–water partition coefficient (Wildman–Crippen LogP) is 3.38. The van der Waals surface area contributed by atoms with Crippen molar-refractivity contribution < 1.29 is 4.74 Å². The molecule has 0 aliphatic rings. The number of hydrogen-bond acceptors (Lipinski definition) is 4. The first-order valence-electron chi connectivity index (χ1n) is 5.65. The Labute approximate surface area is 111 Å². The van der Waals surface area contributed by atoms with Crippen LogP contribution in [0.3, 0.4) is 0 Å². The number of rotatable bonds is 3. The van der Waals surface area contributed by atoms with Crippen molar-refractivity contribution in [3.63, 3.8) is 0 Å². The van der Waals surface area contributed by atoms with E-state index in [-0.39, 0.29) is 0 Å². The van der Waals surface area contributed by atoms with E-state index in [1.807, 2.05) is 26.0 Å². The van der Waals surface area contributed by atoms with E-state index >= 15 is 0 Å². The fourth-order valence-corrected chi connectivity index (χ4v) is 1.78. The van der Waals surface area contributed by atoms with E-state index in [2.05, 4.69) is 9.97 Å². The molecule has 0 unspecified atom stereocenters. The average molecular weight is 264 g/mol. The van der Waals surface area contributed by atoms with Gasteiger partial charge in [-0.25, -0.2) is 4.98 Å². The van der Waals surface area contributed by atoms with Crippen LogP contribution >= 0.6 is 11.6 Å². The van der Waals surface area contributed by atoms with Gasteiger partial charge in [0.25, 0.3) is 0 Å². The summed E-state index contributed by atoms with van der Waals surface area (Å²) >= 11 is 6.02. The lowest BCUT2D eigenvalue weighted by atomic mass is 10.2. The molecule has 0 saturated carbocycles. The second-order valence-corrected chi connectivity index (χ2v) is 4.32. The Kier molecular flexibility index (Phi) is 3.67. The molecular formula is C13H14ClN3O. The fraction of sp³-hybridized carbons (Fsp3) is 0.231. The minimum Gasteiger partial charge on any atom is -0.436 e. The van der Waals surface area contributed by atoms with Gasteiger partial charge >= 0.3 is 0 Å². The van der Waals surface area contributed by atoms with Gasteiger partial charge in [-0.15, -0.1) is 0 Å². The molecule has 94 valence electrons. The highest BCUT2D eigenvalue weighted by Gasteiger charge is 2.09. The van der Waals surface area contributed by atoms with Gasteiger partial charge in [0.1, 0.15) is 5.02 Å². The molecule has 2 aromatic heterocycles. The summed E-state index contributed by atoms with van der Waals surface area (Å²) in [5, 5.41) is 0.387. The first kappa shape index (κ1) is 12.6. The summed E-state index contributed by atoms with van der Waals surface area (Å²) in [5.74, 6) is 1.01. The molecule has 5 heteroatoms. The maximum atomic E-state index is 6.02. The minimum atomic E-state index is 0.339. The molecule has 0 amide bonds. The van der Waals surface area contributed by atoms with E-state index in [9.17, 15) is 0 Å². The Morgan fingerprint density at radius 3 is 2.83 bits per heavy atom. The van der Waals surface area contributed by atoms with Crippen LogP contribution in [0.1, 0.15) is 18.3 Å². The highest BCUT2D eigenvalue weighted by molar-refractivity contribution is 6.32. The third-order valence-electron chi connectivity index (χ3n) is 2.44. The smallest absolute Gasteiger partial charge is 0.238 e. The normalized spacial score (nSPS) is 10.4. The summed E-state index contributed by atoms with van der Waals surface area (Å²) in [6, 6.07) is 5.37. The number of nitrogens with zero attached hydrogens (tertiary/aromatic N) is 2. The Bertz CT molecular complexity index is 572. The van der Waals surface area contributed by atoms with Gasteiger partial charge in [0.15, 0.2) is 5.75 Å². The summed E-state index contributed by atoms with van der Waals surface area (Å²) in [4.78, 5) is 8.48. The van der Waals surface area contributed by atoms with Crippen molar-refractivity contribution in [1.29, 1.82) is 0 Å². The SMILES string of the molecule is CCc1nc(C)ccc1Oc1ncc(N)cc1Cl. The number of anilines is 1. The first-order valence-corrected chi connectivity index (χ1v) is 6.03. The van der Waals surface area contributed by atoms with Crippen LogP contribution in [0.25, 0.3) is 0 Å². The third-order valence-corrected chi connectivity index (χ3v) is 2.71. The van der Waals surface area contributed by atoms with Crippen LogP contribution in [0.4, 0.5) is 5.69 Å². The molecule has 0 aromatic carbocycles. The Morgan fingerprint density at radius 1 is 1.39 bits per heavy atom. The van der Waals surface area contributed by atoms with Gasteiger partial charge in [0.2, 0.25) is 5.88 Å². The summed E-state index contributed by atoms with van der Waals surface area (Å²) in [6.07, 6.45) is 2.29. The molecule has 18 heavy (non-hydrogen) atoms. The van der Waals surface area contributed by atoms with Crippen molar-refractivity contribution in [2.24, 2.45) is 0 Å². The molecule has 0 aliphatic heterocycles. The number of nitrogen functional groups attached to an aromatic ring is 1. The molecule has 0 fully saturated rings. The molecule has 0 saturated heterocycles. The van der Waals surface area contributed by atoms with Crippen molar-refractivity contribution in [2.75, 3.05) is 5.73 Å². The lowest BCUT2D eigenvalue weighted by Gasteiger charge is -2.10. The lowest BCUT2D eigenvalue weighted by molar-refractivity contribution is 0.454. The van der Waals surface area contributed by atoms with Crippen LogP contribution in [0.2, 0.25) is 5.02 Å². The van der Waals surface area contributed by atoms with Crippen LogP contribution < -0.4 is 10.5 Å². The summed E-state index contributed by atoms with van der Waals surface area (Å²) in [6.45, 7) is 3.96. The number of nitrogens with two attached hydrogens (primary N) is 1. The van der Waals surface area contributed by atoms with Gasteiger partial charge in [-0.3, -0.25) is 4.98 Å². The van der Waals surface area contributed by atoms with Gasteiger partial charge in [-0.05, 0) is 31.5 Å². The zero-order valence-corrected chi connectivity index (χ0v) is 11.0. The summed E-state index contributed by atoms with van der Waals surface area (Å²) in [7, 11) is 0. The average Bonchev–Trinajstić information content (AvgIpc) is 2.34. The largest absolute Gasteiger partial charge is 0.436 e. The van der Waals surface area contributed by atoms with Crippen molar-refractivity contribution in [3.8, 4) is 11.6 Å². The lowest BCUT2D eigenvalue weighted by Crippen LogP contribution is -1.98. The number of ether oxygens (including phenoxy) is 1. The van der Waals surface area contributed by atoms with E-state index in [1.165, 1.54) is 6.20 Å². The predicted molar refractivity (Wildman–Crippen MR) is 72.1 cm³/mol. The monoisotopic (exact) mass is 263 g/mol. The van der Waals surface area contributed by atoms with Crippen LogP contribution in [0.5, 0.6) is 11.6 Å². The van der Waals surface area contributed by atoms with Gasteiger partial charge in [0.05, 0.1) is 17.6 Å². The van der Waals surface area contributed by atoms with Crippen LogP contribution in [-0.4, -0.2) is 9.97 Å². The van der Waals surface area contributed by atoms with Crippen molar-refractivity contribution in [1.82, 2.24) is 9.97 Å². The molecule has 0 aliphatic carbocycles. The van der Waals surface area contributed by atoms with Crippen molar-refractivity contribution in [3.05, 3.63) is 40.8 Å². The maximum Gasteiger partial charge on any atom is 0.238 e. The van der Waals surface area contributed by atoms with E-state index in [0.29, 0.717) is 22.3 Å². The Balaban J connectivity index is 2.33. The third kappa shape index (κ3) is 2.71. The zero-order valence-electron chi connectivity index (χ0n) is 10.3. The van der Waals surface area contributed by atoms with Crippen LogP contribution in [0, 0.1) is 6.92 Å². The van der Waals surface area contributed by atoms with Gasteiger partial charge in [-0.2, -0.15) is 0 Å². The standard InChI is InChI=1S/C13H14ClN3O/c1-3-11-12(5-4-8(2)17-11)18-13-10(14)6-9(15)7-16-13/h4-7H,3,15H2,1-2H3. The first-order chi connectivity index (χ1) is 8.60. The van der Waals surface area contributed by atoms with Crippen molar-refractivity contribution >= 4 is 17.3 Å². The molecule has 0 spiro atoms. The Hall–Kier alpha value is -1.81. The Morgan fingerprint density at radius 2 is 2.17 bits per heavy atom. The summed E-state index contributed by atoms with van der Waals surface area (Å²) in [5.41, 5.74) is 7.92. The topological polar surface area (TPSA) is 61.0 Å². The quantitative estimate of drug-likeness (QED) is 0.922. The molecule has 2 heterocycles. The number of aromatic nitrogens is 2. The molecular weight excluding hydrogens is 250 g/mol. The molecule has 4 nitrogen and oxygen atoms in total. The van der Waals surface area contributed by atoms with Crippen molar-refractivity contribution in [2.45, 2.75) is 20.3 Å². The van der Waals surface area contributed by atoms with Crippen LogP contribution in [-0.2, 0) is 6.42 Å². The van der Waals surface area contributed by atoms with E-state index in [1.54, 1.807) is 6.07 Å². The molecule has 2 aromatic rings. The molecule has 2 rings (SSSR count). The van der Waals surface area contributed by atoms with E-state index in [4.69, 9.17) is 22.1 Å². The van der Waals surface area contributed by atoms with Crippen LogP contribution in [0.15, 0.2) is 24.4 Å². The van der Waals surface area contributed by atoms with Gasteiger partial charge in [0, 0.05) is 5.69 Å². The second-order valence-electron chi connectivity index (χ2n) is 3.91. The van der Waals surface area contributed by atoms with E-state index in [0.717, 1.165) is 17.8 Å².